The zero-order valence-corrected chi connectivity index (χ0v) is 6.33. The van der Waals surface area contributed by atoms with Crippen molar-refractivity contribution in [2.75, 3.05) is 6.54 Å². The summed E-state index contributed by atoms with van der Waals surface area (Å²) in [5, 5.41) is 18.0. The Morgan fingerprint density at radius 2 is 2.40 bits per heavy atom. The number of rotatable bonds is 0. The van der Waals surface area contributed by atoms with Crippen LogP contribution in [0.4, 0.5) is 0 Å². The topological polar surface area (TPSA) is 47.3 Å². The molecule has 3 nitrogen and oxygen atoms in total. The second-order valence-electron chi connectivity index (χ2n) is 3.28. The van der Waals surface area contributed by atoms with Gasteiger partial charge < -0.3 is 10.0 Å². The molecular weight excluding hydrogens is 128 g/mol. The van der Waals surface area contributed by atoms with E-state index in [9.17, 15) is 5.11 Å². The molecule has 10 heavy (non-hydrogen) atoms. The van der Waals surface area contributed by atoms with Crippen molar-refractivity contribution in [3.05, 3.63) is 0 Å². The third-order valence-corrected chi connectivity index (χ3v) is 1.91. The van der Waals surface area contributed by atoms with Crippen molar-refractivity contribution in [1.82, 2.24) is 4.90 Å². The van der Waals surface area contributed by atoms with Crippen LogP contribution in [0.3, 0.4) is 0 Å². The lowest BCUT2D eigenvalue weighted by Crippen LogP contribution is -2.27. The molecule has 1 heterocycles. The SMILES string of the molecule is CC1C[C@@](C)(O)CN1C#N. The number of nitriles is 1. The van der Waals surface area contributed by atoms with Crippen molar-refractivity contribution in [2.45, 2.75) is 31.9 Å². The van der Waals surface area contributed by atoms with E-state index in [1.54, 1.807) is 11.8 Å². The van der Waals surface area contributed by atoms with Crippen molar-refractivity contribution in [1.29, 1.82) is 5.26 Å². The Labute approximate surface area is 60.9 Å². The van der Waals surface area contributed by atoms with Crippen LogP contribution in [0.1, 0.15) is 20.3 Å². The van der Waals surface area contributed by atoms with Crippen molar-refractivity contribution < 1.29 is 5.11 Å². The quantitative estimate of drug-likeness (QED) is 0.493. The summed E-state index contributed by atoms with van der Waals surface area (Å²) in [5.74, 6) is 0. The molecule has 3 heteroatoms. The maximum atomic E-state index is 9.47. The van der Waals surface area contributed by atoms with Crippen LogP contribution in [0.15, 0.2) is 0 Å². The Morgan fingerprint density at radius 1 is 1.80 bits per heavy atom. The lowest BCUT2D eigenvalue weighted by Gasteiger charge is -2.13. The number of β-amino-alcohol motifs (C(OH)–C–C–N with tert-alkyl or cyclic N) is 1. The van der Waals surface area contributed by atoms with E-state index >= 15 is 0 Å². The van der Waals surface area contributed by atoms with Gasteiger partial charge in [-0.15, -0.1) is 0 Å². The highest BCUT2D eigenvalue weighted by Gasteiger charge is 2.36. The van der Waals surface area contributed by atoms with E-state index in [-0.39, 0.29) is 6.04 Å². The maximum absolute atomic E-state index is 9.47. The summed E-state index contributed by atoms with van der Waals surface area (Å²) in [6.45, 7) is 4.19. The fourth-order valence-electron chi connectivity index (χ4n) is 1.47. The molecule has 0 spiro atoms. The molecule has 1 unspecified atom stereocenters. The van der Waals surface area contributed by atoms with E-state index in [1.807, 2.05) is 13.1 Å². The first-order valence-electron chi connectivity index (χ1n) is 3.44. The van der Waals surface area contributed by atoms with Gasteiger partial charge in [0.15, 0.2) is 6.19 Å². The molecule has 0 radical (unpaired) electrons. The first-order valence-corrected chi connectivity index (χ1v) is 3.44. The lowest BCUT2D eigenvalue weighted by atomic mass is 10.0. The van der Waals surface area contributed by atoms with Gasteiger partial charge in [0, 0.05) is 6.04 Å². The van der Waals surface area contributed by atoms with E-state index in [0.717, 1.165) is 0 Å². The molecule has 0 aromatic heterocycles. The summed E-state index contributed by atoms with van der Waals surface area (Å²) in [6, 6.07) is 0.194. The minimum Gasteiger partial charge on any atom is -0.388 e. The molecule has 1 fully saturated rings. The highest BCUT2D eigenvalue weighted by Crippen LogP contribution is 2.24. The van der Waals surface area contributed by atoms with Crippen LogP contribution in [-0.4, -0.2) is 28.2 Å². The van der Waals surface area contributed by atoms with Gasteiger partial charge in [-0.3, -0.25) is 0 Å². The number of aliphatic hydroxyl groups is 1. The predicted molar refractivity (Wildman–Crippen MR) is 37.0 cm³/mol. The molecule has 1 saturated heterocycles. The average Bonchev–Trinajstić information content (AvgIpc) is 2.05. The van der Waals surface area contributed by atoms with Gasteiger partial charge >= 0.3 is 0 Å². The third-order valence-electron chi connectivity index (χ3n) is 1.91. The summed E-state index contributed by atoms with van der Waals surface area (Å²) < 4.78 is 0. The second-order valence-corrected chi connectivity index (χ2v) is 3.28. The van der Waals surface area contributed by atoms with Gasteiger partial charge in [0.1, 0.15) is 0 Å². The third kappa shape index (κ3) is 1.22. The van der Waals surface area contributed by atoms with E-state index in [4.69, 9.17) is 5.26 Å². The molecule has 0 amide bonds. The van der Waals surface area contributed by atoms with Crippen LogP contribution >= 0.6 is 0 Å². The van der Waals surface area contributed by atoms with Gasteiger partial charge in [-0.05, 0) is 20.3 Å². The zero-order valence-electron chi connectivity index (χ0n) is 6.33. The van der Waals surface area contributed by atoms with Gasteiger partial charge in [0.05, 0.1) is 12.1 Å². The van der Waals surface area contributed by atoms with E-state index < -0.39 is 5.60 Å². The van der Waals surface area contributed by atoms with Gasteiger partial charge in [0.25, 0.3) is 0 Å². The van der Waals surface area contributed by atoms with Crippen molar-refractivity contribution in [2.24, 2.45) is 0 Å². The zero-order chi connectivity index (χ0) is 7.78. The highest BCUT2D eigenvalue weighted by molar-refractivity contribution is 4.96. The van der Waals surface area contributed by atoms with Crippen LogP contribution in [0, 0.1) is 11.5 Å². The molecule has 0 aromatic carbocycles. The molecule has 0 aliphatic carbocycles. The standard InChI is InChI=1S/C7H12N2O/c1-6-3-7(2,10)4-9(6)5-8/h6,10H,3-4H2,1-2H3/t6?,7-/m1/s1. The minimum absolute atomic E-state index is 0.194. The van der Waals surface area contributed by atoms with Crippen molar-refractivity contribution in [3.8, 4) is 6.19 Å². The van der Waals surface area contributed by atoms with Crippen LogP contribution in [0.25, 0.3) is 0 Å². The lowest BCUT2D eigenvalue weighted by molar-refractivity contribution is 0.0739. The molecule has 0 aromatic rings. The van der Waals surface area contributed by atoms with Crippen molar-refractivity contribution >= 4 is 0 Å². The number of nitrogens with zero attached hydrogens (tertiary/aromatic N) is 2. The number of likely N-dealkylation sites (tertiary alicyclic amines) is 1. The van der Waals surface area contributed by atoms with E-state index in [1.165, 1.54) is 0 Å². The summed E-state index contributed by atoms with van der Waals surface area (Å²) >= 11 is 0. The largest absolute Gasteiger partial charge is 0.388 e. The Kier molecular flexibility index (Phi) is 1.57. The summed E-state index contributed by atoms with van der Waals surface area (Å²) in [6.07, 6.45) is 2.74. The Hall–Kier alpha value is -0.750. The molecule has 2 atom stereocenters. The Bertz CT molecular complexity index is 171. The van der Waals surface area contributed by atoms with Crippen LogP contribution in [0.5, 0.6) is 0 Å². The molecule has 56 valence electrons. The fourth-order valence-corrected chi connectivity index (χ4v) is 1.47. The molecule has 1 N–H and O–H groups in total. The van der Waals surface area contributed by atoms with Crippen LogP contribution in [-0.2, 0) is 0 Å². The maximum Gasteiger partial charge on any atom is 0.179 e. The monoisotopic (exact) mass is 140 g/mol. The first kappa shape index (κ1) is 7.36. The Balaban J connectivity index is 2.63. The molecule has 1 rings (SSSR count). The minimum atomic E-state index is -0.658. The van der Waals surface area contributed by atoms with Crippen LogP contribution in [0.2, 0.25) is 0 Å². The van der Waals surface area contributed by atoms with Gasteiger partial charge in [-0.1, -0.05) is 0 Å². The number of hydrogen-bond donors (Lipinski definition) is 1. The number of hydrogen-bond acceptors (Lipinski definition) is 3. The summed E-state index contributed by atoms with van der Waals surface area (Å²) in [5.41, 5.74) is -0.658. The highest BCUT2D eigenvalue weighted by atomic mass is 16.3. The van der Waals surface area contributed by atoms with Gasteiger partial charge in [-0.25, -0.2) is 0 Å². The molecule has 0 bridgehead atoms. The van der Waals surface area contributed by atoms with E-state index in [0.29, 0.717) is 13.0 Å². The van der Waals surface area contributed by atoms with Crippen LogP contribution < -0.4 is 0 Å². The molecule has 0 saturated carbocycles. The van der Waals surface area contributed by atoms with Gasteiger partial charge in [-0.2, -0.15) is 5.26 Å². The molecule has 1 aliphatic heterocycles. The summed E-state index contributed by atoms with van der Waals surface area (Å²) in [7, 11) is 0. The van der Waals surface area contributed by atoms with Gasteiger partial charge in [0.2, 0.25) is 0 Å². The van der Waals surface area contributed by atoms with Crippen molar-refractivity contribution in [3.63, 3.8) is 0 Å². The molecular formula is C7H12N2O. The first-order chi connectivity index (χ1) is 4.55. The second kappa shape index (κ2) is 2.14. The molecule has 1 aliphatic rings. The normalized spacial score (nSPS) is 39.8. The fraction of sp³-hybridized carbons (Fsp3) is 0.857. The predicted octanol–water partition coefficient (Wildman–Crippen LogP) is 0.313. The average molecular weight is 140 g/mol. The van der Waals surface area contributed by atoms with E-state index in [2.05, 4.69) is 0 Å². The summed E-state index contributed by atoms with van der Waals surface area (Å²) in [4.78, 5) is 1.61. The smallest absolute Gasteiger partial charge is 0.179 e. The Morgan fingerprint density at radius 3 is 2.60 bits per heavy atom.